The minimum atomic E-state index is -0.455. The number of rotatable bonds is 6. The summed E-state index contributed by atoms with van der Waals surface area (Å²) in [4.78, 5) is 22.7. The van der Waals surface area contributed by atoms with Crippen LogP contribution in [0.4, 0.5) is 0 Å². The van der Waals surface area contributed by atoms with E-state index in [1.807, 2.05) is 0 Å². The topological polar surface area (TPSA) is 61.8 Å². The van der Waals surface area contributed by atoms with Gasteiger partial charge in [-0.05, 0) is 24.6 Å². The summed E-state index contributed by atoms with van der Waals surface area (Å²) in [5.41, 5.74) is 1.18. The first-order chi connectivity index (χ1) is 9.62. The van der Waals surface area contributed by atoms with E-state index in [2.05, 4.69) is 4.74 Å². The number of benzene rings is 1. The van der Waals surface area contributed by atoms with Crippen LogP contribution in [0.15, 0.2) is 24.3 Å². The molecule has 0 radical (unpaired) electrons. The Morgan fingerprint density at radius 1 is 1.25 bits per heavy atom. The third-order valence-electron chi connectivity index (χ3n) is 2.53. The fraction of sp³-hybridized carbons (Fsp3) is 0.333. The van der Waals surface area contributed by atoms with Crippen molar-refractivity contribution < 1.29 is 23.8 Å². The Hall–Kier alpha value is -2.30. The summed E-state index contributed by atoms with van der Waals surface area (Å²) in [6.07, 6.45) is 3.67. The molecule has 0 bridgehead atoms. The van der Waals surface area contributed by atoms with Gasteiger partial charge in [0.2, 0.25) is 0 Å². The zero-order valence-electron chi connectivity index (χ0n) is 11.8. The first-order valence-electron chi connectivity index (χ1n) is 6.20. The Labute approximate surface area is 118 Å². The van der Waals surface area contributed by atoms with Gasteiger partial charge in [-0.15, -0.1) is 0 Å². The van der Waals surface area contributed by atoms with E-state index in [9.17, 15) is 9.59 Å². The molecule has 0 aliphatic rings. The van der Waals surface area contributed by atoms with Crippen molar-refractivity contribution in [2.45, 2.75) is 13.3 Å². The summed E-state index contributed by atoms with van der Waals surface area (Å²) in [5, 5.41) is 0. The Balaban J connectivity index is 2.80. The molecule has 0 saturated carbocycles. The molecule has 1 aromatic rings. The lowest BCUT2D eigenvalue weighted by atomic mass is 10.1. The van der Waals surface area contributed by atoms with Crippen LogP contribution in [0.2, 0.25) is 0 Å². The second-order valence-electron chi connectivity index (χ2n) is 3.86. The molecule has 5 heteroatoms. The van der Waals surface area contributed by atoms with Gasteiger partial charge in [0, 0.05) is 0 Å². The van der Waals surface area contributed by atoms with Crippen molar-refractivity contribution in [3.05, 3.63) is 35.4 Å². The van der Waals surface area contributed by atoms with E-state index < -0.39 is 5.97 Å². The molecule has 1 aromatic carbocycles. The molecule has 0 aliphatic carbocycles. The number of hydrogen-bond donors (Lipinski definition) is 0. The summed E-state index contributed by atoms with van der Waals surface area (Å²) in [6.45, 7) is 2.13. The highest BCUT2D eigenvalue weighted by atomic mass is 16.5. The molecule has 20 heavy (non-hydrogen) atoms. The molecule has 0 spiro atoms. The summed E-state index contributed by atoms with van der Waals surface area (Å²) >= 11 is 0. The fourth-order valence-electron chi connectivity index (χ4n) is 1.60. The van der Waals surface area contributed by atoms with Crippen LogP contribution < -0.4 is 4.74 Å². The van der Waals surface area contributed by atoms with Gasteiger partial charge in [0.25, 0.3) is 0 Å². The van der Waals surface area contributed by atoms with Gasteiger partial charge >= 0.3 is 11.9 Å². The molecule has 0 saturated heterocycles. The quantitative estimate of drug-likeness (QED) is 0.748. The standard InChI is InChI=1S/C15H18O5/c1-4-20-14(16)7-5-6-11-8-9-12(15(17)19-3)13(10-11)18-2/h5-6,8-10H,4,7H2,1-3H3. The highest BCUT2D eigenvalue weighted by Crippen LogP contribution is 2.21. The van der Waals surface area contributed by atoms with E-state index >= 15 is 0 Å². The predicted molar refractivity (Wildman–Crippen MR) is 74.6 cm³/mol. The average molecular weight is 278 g/mol. The summed E-state index contributed by atoms with van der Waals surface area (Å²) in [6, 6.07) is 5.07. The monoisotopic (exact) mass is 278 g/mol. The number of esters is 2. The van der Waals surface area contributed by atoms with Crippen LogP contribution >= 0.6 is 0 Å². The molecule has 5 nitrogen and oxygen atoms in total. The maximum absolute atomic E-state index is 11.5. The van der Waals surface area contributed by atoms with E-state index in [0.29, 0.717) is 17.9 Å². The maximum atomic E-state index is 11.5. The SMILES string of the molecule is CCOC(=O)CC=Cc1ccc(C(=O)OC)c(OC)c1. The van der Waals surface area contributed by atoms with Crippen molar-refractivity contribution >= 4 is 18.0 Å². The highest BCUT2D eigenvalue weighted by molar-refractivity contribution is 5.92. The lowest BCUT2D eigenvalue weighted by Gasteiger charge is -2.07. The van der Waals surface area contributed by atoms with Crippen LogP contribution in [0.1, 0.15) is 29.3 Å². The first kappa shape index (κ1) is 15.8. The van der Waals surface area contributed by atoms with Crippen molar-refractivity contribution in [3.63, 3.8) is 0 Å². The van der Waals surface area contributed by atoms with E-state index in [4.69, 9.17) is 9.47 Å². The number of carbonyl (C=O) groups excluding carboxylic acids is 2. The van der Waals surface area contributed by atoms with Crippen molar-refractivity contribution in [1.82, 2.24) is 0 Å². The van der Waals surface area contributed by atoms with E-state index in [-0.39, 0.29) is 12.4 Å². The fourth-order valence-corrected chi connectivity index (χ4v) is 1.60. The molecular formula is C15H18O5. The predicted octanol–water partition coefficient (Wildman–Crippen LogP) is 2.45. The van der Waals surface area contributed by atoms with Crippen molar-refractivity contribution in [2.75, 3.05) is 20.8 Å². The van der Waals surface area contributed by atoms with Gasteiger partial charge in [0.1, 0.15) is 11.3 Å². The Morgan fingerprint density at radius 3 is 2.60 bits per heavy atom. The highest BCUT2D eigenvalue weighted by Gasteiger charge is 2.12. The molecule has 0 amide bonds. The number of methoxy groups -OCH3 is 2. The van der Waals surface area contributed by atoms with Gasteiger partial charge in [-0.25, -0.2) is 4.79 Å². The van der Waals surface area contributed by atoms with Gasteiger partial charge in [0.05, 0.1) is 27.2 Å². The van der Waals surface area contributed by atoms with E-state index in [1.165, 1.54) is 14.2 Å². The van der Waals surface area contributed by atoms with Gasteiger partial charge in [-0.1, -0.05) is 18.2 Å². The van der Waals surface area contributed by atoms with Gasteiger partial charge < -0.3 is 14.2 Å². The molecule has 1 rings (SSSR count). The molecule has 0 fully saturated rings. The lowest BCUT2D eigenvalue weighted by molar-refractivity contribution is -0.142. The van der Waals surface area contributed by atoms with Gasteiger partial charge in [-0.3, -0.25) is 4.79 Å². The van der Waals surface area contributed by atoms with E-state index in [0.717, 1.165) is 5.56 Å². The largest absolute Gasteiger partial charge is 0.496 e. The molecule has 0 unspecified atom stereocenters. The molecule has 0 heterocycles. The van der Waals surface area contributed by atoms with Crippen LogP contribution in [0, 0.1) is 0 Å². The normalized spacial score (nSPS) is 10.3. The molecule has 0 aromatic heterocycles. The minimum Gasteiger partial charge on any atom is -0.496 e. The smallest absolute Gasteiger partial charge is 0.341 e. The van der Waals surface area contributed by atoms with Crippen molar-refractivity contribution in [3.8, 4) is 5.75 Å². The Morgan fingerprint density at radius 2 is 2.00 bits per heavy atom. The van der Waals surface area contributed by atoms with Gasteiger partial charge in [-0.2, -0.15) is 0 Å². The van der Waals surface area contributed by atoms with Gasteiger partial charge in [0.15, 0.2) is 0 Å². The molecular weight excluding hydrogens is 260 g/mol. The van der Waals surface area contributed by atoms with Crippen LogP contribution in [-0.2, 0) is 14.3 Å². The summed E-state index contributed by atoms with van der Waals surface area (Å²) in [7, 11) is 2.79. The summed E-state index contributed by atoms with van der Waals surface area (Å²) < 4.78 is 14.6. The molecule has 108 valence electrons. The Kier molecular flexibility index (Phi) is 6.29. The van der Waals surface area contributed by atoms with E-state index in [1.54, 1.807) is 37.3 Å². The minimum absolute atomic E-state index is 0.203. The third kappa shape index (κ3) is 4.42. The first-order valence-corrected chi connectivity index (χ1v) is 6.20. The van der Waals surface area contributed by atoms with Crippen molar-refractivity contribution in [1.29, 1.82) is 0 Å². The van der Waals surface area contributed by atoms with Crippen LogP contribution in [0.3, 0.4) is 0 Å². The maximum Gasteiger partial charge on any atom is 0.341 e. The number of hydrogen-bond acceptors (Lipinski definition) is 5. The average Bonchev–Trinajstić information content (AvgIpc) is 2.46. The van der Waals surface area contributed by atoms with Crippen molar-refractivity contribution in [2.24, 2.45) is 0 Å². The zero-order valence-corrected chi connectivity index (χ0v) is 11.8. The van der Waals surface area contributed by atoms with Crippen LogP contribution in [-0.4, -0.2) is 32.8 Å². The third-order valence-corrected chi connectivity index (χ3v) is 2.53. The molecule has 0 atom stereocenters. The molecule has 0 aliphatic heterocycles. The zero-order chi connectivity index (χ0) is 15.0. The summed E-state index contributed by atoms with van der Waals surface area (Å²) in [5.74, 6) is -0.305. The molecule has 0 N–H and O–H groups in total. The number of ether oxygens (including phenoxy) is 3. The second kappa shape index (κ2) is 7.99. The van der Waals surface area contributed by atoms with Crippen LogP contribution in [0.5, 0.6) is 5.75 Å². The lowest BCUT2D eigenvalue weighted by Crippen LogP contribution is -2.04. The second-order valence-corrected chi connectivity index (χ2v) is 3.86. The Bertz CT molecular complexity index is 505. The number of carbonyl (C=O) groups is 2. The van der Waals surface area contributed by atoms with Crippen LogP contribution in [0.25, 0.3) is 6.08 Å².